The summed E-state index contributed by atoms with van der Waals surface area (Å²) in [7, 11) is 0. The smallest absolute Gasteiger partial charge is 0.337 e. The van der Waals surface area contributed by atoms with Crippen molar-refractivity contribution in [2.24, 2.45) is 0 Å². The molecule has 3 N–H and O–H groups in total. The van der Waals surface area contributed by atoms with Crippen LogP contribution in [0.3, 0.4) is 0 Å². The highest BCUT2D eigenvalue weighted by atomic mass is 16.4. The monoisotopic (exact) mass is 246 g/mol. The van der Waals surface area contributed by atoms with E-state index >= 15 is 0 Å². The zero-order chi connectivity index (χ0) is 13.4. The van der Waals surface area contributed by atoms with Crippen LogP contribution >= 0.6 is 0 Å². The van der Waals surface area contributed by atoms with Gasteiger partial charge < -0.3 is 10.8 Å². The first-order valence-electron chi connectivity index (χ1n) is 5.44. The normalized spacial score (nSPS) is 10.6. The van der Waals surface area contributed by atoms with Crippen LogP contribution in [0.4, 0.5) is 5.69 Å². The molecule has 94 valence electrons. The fourth-order valence-electron chi connectivity index (χ4n) is 1.84. The summed E-state index contributed by atoms with van der Waals surface area (Å²) < 4.78 is 1.61. The number of aromatic nitrogens is 3. The van der Waals surface area contributed by atoms with Gasteiger partial charge in [0.2, 0.25) is 0 Å². The fraction of sp³-hybridized carbons (Fsp3) is 0.250. The van der Waals surface area contributed by atoms with E-state index in [2.05, 4.69) is 10.1 Å². The quantitative estimate of drug-likeness (QED) is 0.782. The molecule has 0 aliphatic rings. The second-order valence-corrected chi connectivity index (χ2v) is 4.15. The van der Waals surface area contributed by atoms with Gasteiger partial charge >= 0.3 is 5.97 Å². The summed E-state index contributed by atoms with van der Waals surface area (Å²) in [5.41, 5.74) is 7.46. The van der Waals surface area contributed by atoms with E-state index in [1.54, 1.807) is 24.6 Å². The molecule has 6 nitrogen and oxygen atoms in total. The fourth-order valence-corrected chi connectivity index (χ4v) is 1.84. The minimum absolute atomic E-state index is 0.0811. The van der Waals surface area contributed by atoms with Crippen molar-refractivity contribution in [2.75, 3.05) is 5.73 Å². The highest BCUT2D eigenvalue weighted by molar-refractivity contribution is 5.95. The predicted molar refractivity (Wildman–Crippen MR) is 66.9 cm³/mol. The molecule has 0 unspecified atom stereocenters. The van der Waals surface area contributed by atoms with E-state index in [4.69, 9.17) is 10.8 Å². The van der Waals surface area contributed by atoms with Crippen LogP contribution in [0.5, 0.6) is 0 Å². The Morgan fingerprint density at radius 2 is 2.00 bits per heavy atom. The Morgan fingerprint density at radius 3 is 2.50 bits per heavy atom. The maximum Gasteiger partial charge on any atom is 0.337 e. The van der Waals surface area contributed by atoms with E-state index < -0.39 is 5.97 Å². The van der Waals surface area contributed by atoms with Crippen LogP contribution in [0.25, 0.3) is 5.69 Å². The molecule has 1 heterocycles. The number of nitrogen functional groups attached to an aromatic ring is 1. The van der Waals surface area contributed by atoms with Gasteiger partial charge in [-0.2, -0.15) is 5.10 Å². The average Bonchev–Trinajstić information content (AvgIpc) is 2.61. The Kier molecular flexibility index (Phi) is 2.78. The Bertz CT molecular complexity index is 631. The highest BCUT2D eigenvalue weighted by Gasteiger charge is 2.14. The van der Waals surface area contributed by atoms with Crippen molar-refractivity contribution in [1.82, 2.24) is 14.8 Å². The van der Waals surface area contributed by atoms with Crippen molar-refractivity contribution >= 4 is 11.7 Å². The van der Waals surface area contributed by atoms with Gasteiger partial charge in [0.05, 0.1) is 11.3 Å². The Labute approximate surface area is 104 Å². The summed E-state index contributed by atoms with van der Waals surface area (Å²) >= 11 is 0. The number of hydrogen-bond donors (Lipinski definition) is 2. The third-order valence-electron chi connectivity index (χ3n) is 2.72. The zero-order valence-corrected chi connectivity index (χ0v) is 10.4. The standard InChI is InChI=1S/C12H14N4O2/c1-6-4-9(5-10(11(6)13)12(17)18)16-8(3)14-7(2)15-16/h4-5H,13H2,1-3H3,(H,17,18). The predicted octanol–water partition coefficient (Wildman–Crippen LogP) is 1.47. The summed E-state index contributed by atoms with van der Waals surface area (Å²) in [5.74, 6) is 0.291. The molecular weight excluding hydrogens is 232 g/mol. The topological polar surface area (TPSA) is 94.0 Å². The second kappa shape index (κ2) is 4.14. The lowest BCUT2D eigenvalue weighted by atomic mass is 10.1. The van der Waals surface area contributed by atoms with Crippen molar-refractivity contribution in [3.8, 4) is 5.69 Å². The molecule has 0 atom stereocenters. The number of carbonyl (C=O) groups is 1. The van der Waals surface area contributed by atoms with Gasteiger partial charge in [-0.15, -0.1) is 0 Å². The molecule has 0 amide bonds. The molecule has 0 aliphatic heterocycles. The number of carboxylic acids is 1. The molecule has 0 fully saturated rings. The van der Waals surface area contributed by atoms with Crippen LogP contribution in [-0.2, 0) is 0 Å². The molecule has 0 saturated heterocycles. The molecule has 0 spiro atoms. The van der Waals surface area contributed by atoms with Crippen molar-refractivity contribution in [2.45, 2.75) is 20.8 Å². The molecule has 1 aromatic carbocycles. The number of hydrogen-bond acceptors (Lipinski definition) is 4. The van der Waals surface area contributed by atoms with Gasteiger partial charge in [-0.05, 0) is 38.5 Å². The first-order chi connectivity index (χ1) is 8.40. The van der Waals surface area contributed by atoms with E-state index in [0.717, 1.165) is 0 Å². The van der Waals surface area contributed by atoms with Gasteiger partial charge in [-0.25, -0.2) is 14.5 Å². The van der Waals surface area contributed by atoms with E-state index in [1.165, 1.54) is 6.07 Å². The molecule has 0 radical (unpaired) electrons. The van der Waals surface area contributed by atoms with Gasteiger partial charge in [-0.1, -0.05) is 0 Å². The van der Waals surface area contributed by atoms with Crippen LogP contribution in [0.2, 0.25) is 0 Å². The minimum atomic E-state index is -1.05. The number of carboxylic acid groups (broad SMARTS) is 1. The third-order valence-corrected chi connectivity index (χ3v) is 2.72. The molecule has 0 saturated carbocycles. The number of nitrogens with zero attached hydrogens (tertiary/aromatic N) is 3. The van der Waals surface area contributed by atoms with Crippen molar-refractivity contribution < 1.29 is 9.90 Å². The van der Waals surface area contributed by atoms with Crippen LogP contribution in [0, 0.1) is 20.8 Å². The Balaban J connectivity index is 2.66. The van der Waals surface area contributed by atoms with E-state index in [0.29, 0.717) is 22.9 Å². The Morgan fingerprint density at radius 1 is 1.33 bits per heavy atom. The molecule has 18 heavy (non-hydrogen) atoms. The van der Waals surface area contributed by atoms with Crippen molar-refractivity contribution in [1.29, 1.82) is 0 Å². The van der Waals surface area contributed by atoms with Gasteiger partial charge in [0.15, 0.2) is 0 Å². The Hall–Kier alpha value is -2.37. The number of benzene rings is 1. The number of aryl methyl sites for hydroxylation is 3. The summed E-state index contributed by atoms with van der Waals surface area (Å²) in [6.45, 7) is 5.36. The third kappa shape index (κ3) is 1.92. The molecule has 0 bridgehead atoms. The maximum atomic E-state index is 11.1. The minimum Gasteiger partial charge on any atom is -0.478 e. The van der Waals surface area contributed by atoms with Crippen molar-refractivity contribution in [3.05, 3.63) is 34.9 Å². The van der Waals surface area contributed by atoms with E-state index in [1.807, 2.05) is 6.92 Å². The summed E-state index contributed by atoms with van der Waals surface area (Å²) in [6, 6.07) is 3.30. The highest BCUT2D eigenvalue weighted by Crippen LogP contribution is 2.22. The van der Waals surface area contributed by atoms with Crippen LogP contribution < -0.4 is 5.73 Å². The second-order valence-electron chi connectivity index (χ2n) is 4.15. The van der Waals surface area contributed by atoms with E-state index in [9.17, 15) is 4.79 Å². The average molecular weight is 246 g/mol. The lowest BCUT2D eigenvalue weighted by Crippen LogP contribution is -2.08. The number of nitrogens with two attached hydrogens (primary N) is 1. The van der Waals surface area contributed by atoms with Crippen LogP contribution in [0.1, 0.15) is 27.6 Å². The van der Waals surface area contributed by atoms with Crippen LogP contribution in [0.15, 0.2) is 12.1 Å². The van der Waals surface area contributed by atoms with E-state index in [-0.39, 0.29) is 11.3 Å². The van der Waals surface area contributed by atoms with Gasteiger partial charge in [0.25, 0.3) is 0 Å². The lowest BCUT2D eigenvalue weighted by Gasteiger charge is -2.09. The zero-order valence-electron chi connectivity index (χ0n) is 10.4. The van der Waals surface area contributed by atoms with Gasteiger partial charge in [0.1, 0.15) is 11.6 Å². The first kappa shape index (κ1) is 12.1. The molecule has 1 aromatic heterocycles. The largest absolute Gasteiger partial charge is 0.478 e. The molecule has 0 aliphatic carbocycles. The number of aromatic carboxylic acids is 1. The summed E-state index contributed by atoms with van der Waals surface area (Å²) in [4.78, 5) is 15.3. The molecular formula is C12H14N4O2. The molecule has 2 aromatic rings. The van der Waals surface area contributed by atoms with Gasteiger partial charge in [0, 0.05) is 5.69 Å². The van der Waals surface area contributed by atoms with Crippen molar-refractivity contribution in [3.63, 3.8) is 0 Å². The SMILES string of the molecule is Cc1nc(C)n(-c2cc(C)c(N)c(C(=O)O)c2)n1. The number of rotatable bonds is 2. The molecule has 2 rings (SSSR count). The maximum absolute atomic E-state index is 11.1. The molecule has 6 heteroatoms. The summed E-state index contributed by atoms with van der Waals surface area (Å²) in [5, 5.41) is 13.3. The first-order valence-corrected chi connectivity index (χ1v) is 5.44. The summed E-state index contributed by atoms with van der Waals surface area (Å²) in [6.07, 6.45) is 0. The van der Waals surface area contributed by atoms with Crippen LogP contribution in [-0.4, -0.2) is 25.8 Å². The van der Waals surface area contributed by atoms with Gasteiger partial charge in [-0.3, -0.25) is 0 Å². The lowest BCUT2D eigenvalue weighted by molar-refractivity contribution is 0.0698. The number of anilines is 1.